The fraction of sp³-hybridized carbons (Fsp3) is 0.615. The monoisotopic (exact) mass is 315 g/mol. The van der Waals surface area contributed by atoms with E-state index in [2.05, 4.69) is 10.0 Å². The predicted molar refractivity (Wildman–Crippen MR) is 78.0 cm³/mol. The molecule has 0 bridgehead atoms. The van der Waals surface area contributed by atoms with Crippen molar-refractivity contribution in [3.8, 4) is 0 Å². The predicted octanol–water partition coefficient (Wildman–Crippen LogP) is 0.186. The zero-order valence-electron chi connectivity index (χ0n) is 12.0. The van der Waals surface area contributed by atoms with Crippen molar-refractivity contribution in [2.75, 3.05) is 12.8 Å². The third-order valence-electron chi connectivity index (χ3n) is 3.67. The molecule has 0 spiro atoms. The Hall–Kier alpha value is -1.38. The van der Waals surface area contributed by atoms with Crippen molar-refractivity contribution in [2.24, 2.45) is 11.7 Å². The van der Waals surface area contributed by atoms with Crippen molar-refractivity contribution >= 4 is 15.9 Å². The number of hydrogen-bond acceptors (Lipinski definition) is 5. The first-order chi connectivity index (χ1) is 9.89. The molecule has 21 heavy (non-hydrogen) atoms. The van der Waals surface area contributed by atoms with Crippen LogP contribution in [0.1, 0.15) is 35.4 Å². The van der Waals surface area contributed by atoms with Gasteiger partial charge in [0.15, 0.2) is 0 Å². The smallest absolute Gasteiger partial charge is 0.254 e. The first-order valence-electron chi connectivity index (χ1n) is 6.92. The Morgan fingerprint density at radius 3 is 2.86 bits per heavy atom. The van der Waals surface area contributed by atoms with Gasteiger partial charge in [0.25, 0.3) is 5.91 Å². The third kappa shape index (κ3) is 4.55. The highest BCUT2D eigenvalue weighted by molar-refractivity contribution is 7.88. The van der Waals surface area contributed by atoms with E-state index in [4.69, 9.17) is 10.2 Å². The Morgan fingerprint density at radius 2 is 2.24 bits per heavy atom. The Morgan fingerprint density at radius 1 is 1.48 bits per heavy atom. The van der Waals surface area contributed by atoms with Gasteiger partial charge >= 0.3 is 0 Å². The molecule has 0 radical (unpaired) electrons. The quantitative estimate of drug-likeness (QED) is 0.693. The molecule has 1 fully saturated rings. The van der Waals surface area contributed by atoms with Crippen LogP contribution in [-0.2, 0) is 16.6 Å². The van der Waals surface area contributed by atoms with Crippen LogP contribution in [0.4, 0.5) is 0 Å². The van der Waals surface area contributed by atoms with Crippen molar-refractivity contribution in [1.82, 2.24) is 10.0 Å². The van der Waals surface area contributed by atoms with Crippen molar-refractivity contribution in [2.45, 2.75) is 31.8 Å². The minimum absolute atomic E-state index is 0.107. The SMILES string of the molecule is CS(=O)(=O)NC1CCCC1CNC(=O)c1coc(CN)c1. The van der Waals surface area contributed by atoms with Gasteiger partial charge in [0.2, 0.25) is 10.0 Å². The van der Waals surface area contributed by atoms with Gasteiger partial charge in [0, 0.05) is 12.6 Å². The van der Waals surface area contributed by atoms with Crippen molar-refractivity contribution in [3.05, 3.63) is 23.7 Å². The van der Waals surface area contributed by atoms with Crippen LogP contribution >= 0.6 is 0 Å². The fourth-order valence-corrected chi connectivity index (χ4v) is 3.50. The van der Waals surface area contributed by atoms with E-state index in [1.807, 2.05) is 0 Å². The first-order valence-corrected chi connectivity index (χ1v) is 8.81. The summed E-state index contributed by atoms with van der Waals surface area (Å²) in [7, 11) is -3.22. The zero-order chi connectivity index (χ0) is 15.5. The molecule has 1 aliphatic carbocycles. The lowest BCUT2D eigenvalue weighted by atomic mass is 10.0. The van der Waals surface area contributed by atoms with Gasteiger partial charge in [0.05, 0.1) is 18.4 Å². The van der Waals surface area contributed by atoms with Crippen LogP contribution in [0.5, 0.6) is 0 Å². The van der Waals surface area contributed by atoms with Gasteiger partial charge < -0.3 is 15.5 Å². The molecule has 2 rings (SSSR count). The summed E-state index contributed by atoms with van der Waals surface area (Å²) in [5.41, 5.74) is 5.85. The number of carbonyl (C=O) groups excluding carboxylic acids is 1. The van der Waals surface area contributed by atoms with E-state index >= 15 is 0 Å². The van der Waals surface area contributed by atoms with Crippen LogP contribution in [0, 0.1) is 5.92 Å². The molecular formula is C13H21N3O4S. The van der Waals surface area contributed by atoms with Crippen molar-refractivity contribution in [3.63, 3.8) is 0 Å². The summed E-state index contributed by atoms with van der Waals surface area (Å²) in [6.07, 6.45) is 5.18. The number of nitrogens with two attached hydrogens (primary N) is 1. The summed E-state index contributed by atoms with van der Waals surface area (Å²) in [4.78, 5) is 12.0. The highest BCUT2D eigenvalue weighted by Crippen LogP contribution is 2.25. The second kappa shape index (κ2) is 6.59. The molecule has 0 saturated heterocycles. The average Bonchev–Trinajstić information content (AvgIpc) is 3.03. The molecule has 8 heteroatoms. The largest absolute Gasteiger partial charge is 0.467 e. The van der Waals surface area contributed by atoms with Crippen molar-refractivity contribution in [1.29, 1.82) is 0 Å². The number of carbonyl (C=O) groups is 1. The Kier molecular flexibility index (Phi) is 5.02. The van der Waals surface area contributed by atoms with Crippen LogP contribution < -0.4 is 15.8 Å². The molecule has 2 unspecified atom stereocenters. The molecule has 1 amide bonds. The van der Waals surface area contributed by atoms with Gasteiger partial charge in [-0.3, -0.25) is 4.79 Å². The van der Waals surface area contributed by atoms with Crippen LogP contribution in [-0.4, -0.2) is 33.2 Å². The van der Waals surface area contributed by atoms with E-state index in [0.717, 1.165) is 25.5 Å². The second-order valence-corrected chi connectivity index (χ2v) is 7.18. The lowest BCUT2D eigenvalue weighted by Crippen LogP contribution is -2.41. The normalized spacial score (nSPS) is 22.4. The van der Waals surface area contributed by atoms with E-state index in [9.17, 15) is 13.2 Å². The summed E-state index contributed by atoms with van der Waals surface area (Å²) in [5.74, 6) is 0.436. The summed E-state index contributed by atoms with van der Waals surface area (Å²) >= 11 is 0. The maximum Gasteiger partial charge on any atom is 0.254 e. The molecule has 7 nitrogen and oxygen atoms in total. The van der Waals surface area contributed by atoms with Crippen LogP contribution in [0.3, 0.4) is 0 Å². The summed E-state index contributed by atoms with van der Waals surface area (Å²) in [6.45, 7) is 0.686. The Bertz CT molecular complexity index is 596. The summed E-state index contributed by atoms with van der Waals surface area (Å²) in [5, 5.41) is 2.82. The molecule has 4 N–H and O–H groups in total. The number of furan rings is 1. The van der Waals surface area contributed by atoms with E-state index in [1.165, 1.54) is 6.26 Å². The molecule has 1 aliphatic rings. The molecule has 0 aliphatic heterocycles. The standard InChI is InChI=1S/C13H21N3O4S/c1-21(18,19)16-12-4-2-3-9(12)7-15-13(17)10-5-11(6-14)20-8-10/h5,8-9,12,16H,2-4,6-7,14H2,1H3,(H,15,17). The van der Waals surface area contributed by atoms with Gasteiger partial charge in [-0.25, -0.2) is 13.1 Å². The van der Waals surface area contributed by atoms with E-state index in [1.54, 1.807) is 6.07 Å². The lowest BCUT2D eigenvalue weighted by molar-refractivity contribution is 0.0945. The molecule has 0 aromatic carbocycles. The third-order valence-corrected chi connectivity index (χ3v) is 4.40. The maximum atomic E-state index is 12.0. The minimum atomic E-state index is -3.22. The highest BCUT2D eigenvalue weighted by atomic mass is 32.2. The molecule has 1 aromatic rings. The lowest BCUT2D eigenvalue weighted by Gasteiger charge is -2.20. The molecule has 118 valence electrons. The summed E-state index contributed by atoms with van der Waals surface area (Å²) in [6, 6.07) is 1.50. The van der Waals surface area contributed by atoms with Crippen LogP contribution in [0.2, 0.25) is 0 Å². The maximum absolute atomic E-state index is 12.0. The molecule has 1 saturated carbocycles. The number of amides is 1. The van der Waals surface area contributed by atoms with Gasteiger partial charge in [-0.15, -0.1) is 0 Å². The first kappa shape index (κ1) is 16.0. The second-order valence-electron chi connectivity index (χ2n) is 5.40. The van der Waals surface area contributed by atoms with E-state index in [0.29, 0.717) is 17.9 Å². The number of nitrogens with one attached hydrogen (secondary N) is 2. The molecule has 1 aromatic heterocycles. The molecular weight excluding hydrogens is 294 g/mol. The minimum Gasteiger partial charge on any atom is -0.467 e. The van der Waals surface area contributed by atoms with Crippen molar-refractivity contribution < 1.29 is 17.6 Å². The molecule has 1 heterocycles. The van der Waals surface area contributed by atoms with Gasteiger partial charge in [-0.2, -0.15) is 0 Å². The average molecular weight is 315 g/mol. The van der Waals surface area contributed by atoms with E-state index in [-0.39, 0.29) is 24.4 Å². The van der Waals surface area contributed by atoms with Gasteiger partial charge in [0.1, 0.15) is 12.0 Å². The Balaban J connectivity index is 1.88. The molecule has 2 atom stereocenters. The number of rotatable bonds is 6. The van der Waals surface area contributed by atoms with Gasteiger partial charge in [-0.05, 0) is 24.8 Å². The van der Waals surface area contributed by atoms with Crippen LogP contribution in [0.25, 0.3) is 0 Å². The summed E-state index contributed by atoms with van der Waals surface area (Å²) < 4.78 is 30.4. The van der Waals surface area contributed by atoms with E-state index < -0.39 is 10.0 Å². The topological polar surface area (TPSA) is 114 Å². The fourth-order valence-electron chi connectivity index (χ4n) is 2.64. The number of hydrogen-bond donors (Lipinski definition) is 3. The highest BCUT2D eigenvalue weighted by Gasteiger charge is 2.29. The van der Waals surface area contributed by atoms with Crippen LogP contribution in [0.15, 0.2) is 16.7 Å². The zero-order valence-corrected chi connectivity index (χ0v) is 12.8. The number of sulfonamides is 1. The van der Waals surface area contributed by atoms with Gasteiger partial charge in [-0.1, -0.05) is 6.42 Å². The Labute approximate surface area is 124 Å².